The molecule has 8 nitrogen and oxygen atoms in total. The van der Waals surface area contributed by atoms with Gasteiger partial charge < -0.3 is 10.2 Å². The number of sulfonamides is 1. The molecule has 1 heterocycles. The van der Waals surface area contributed by atoms with Crippen molar-refractivity contribution >= 4 is 27.7 Å². The van der Waals surface area contributed by atoms with Crippen molar-refractivity contribution in [1.82, 2.24) is 14.5 Å². The average molecular weight is 458 g/mol. The van der Waals surface area contributed by atoms with Gasteiger partial charge in [-0.3, -0.25) is 14.4 Å². The number of amides is 3. The number of likely N-dealkylation sites (N-methyl/N-ethyl adjacent to an activating group) is 1. The minimum atomic E-state index is -4.13. The summed E-state index contributed by atoms with van der Waals surface area (Å²) in [7, 11) is -4.13. The van der Waals surface area contributed by atoms with Crippen LogP contribution in [-0.4, -0.2) is 54.5 Å². The van der Waals surface area contributed by atoms with Crippen LogP contribution in [0.25, 0.3) is 0 Å². The van der Waals surface area contributed by atoms with Crippen molar-refractivity contribution in [3.05, 3.63) is 65.2 Å². The van der Waals surface area contributed by atoms with E-state index in [9.17, 15) is 22.8 Å². The van der Waals surface area contributed by atoms with Gasteiger partial charge in [0.1, 0.15) is 17.5 Å². The third kappa shape index (κ3) is 4.52. The van der Waals surface area contributed by atoms with E-state index in [-0.39, 0.29) is 22.9 Å². The Bertz CT molecular complexity index is 1150. The highest BCUT2D eigenvalue weighted by molar-refractivity contribution is 7.90. The quantitative estimate of drug-likeness (QED) is 0.654. The molecule has 3 amide bonds. The molecule has 3 rings (SSSR count). The number of rotatable bonds is 8. The van der Waals surface area contributed by atoms with Gasteiger partial charge in [0, 0.05) is 13.1 Å². The molecule has 0 saturated heterocycles. The van der Waals surface area contributed by atoms with Crippen molar-refractivity contribution < 1.29 is 22.8 Å². The van der Waals surface area contributed by atoms with Crippen LogP contribution in [0.5, 0.6) is 0 Å². The van der Waals surface area contributed by atoms with Crippen molar-refractivity contribution in [2.75, 3.05) is 13.1 Å². The first kappa shape index (κ1) is 23.5. The highest BCUT2D eigenvalue weighted by atomic mass is 32.2. The number of hydrogen-bond acceptors (Lipinski definition) is 5. The Morgan fingerprint density at radius 2 is 1.81 bits per heavy atom. The molecule has 9 heteroatoms. The lowest BCUT2D eigenvalue weighted by molar-refractivity contribution is -0.141. The number of benzene rings is 2. The summed E-state index contributed by atoms with van der Waals surface area (Å²) in [6.45, 7) is 5.33. The van der Waals surface area contributed by atoms with Crippen molar-refractivity contribution in [3.63, 3.8) is 0 Å². The molecule has 0 bridgehead atoms. The summed E-state index contributed by atoms with van der Waals surface area (Å²) >= 11 is 0. The first-order valence-electron chi connectivity index (χ1n) is 10.5. The lowest BCUT2D eigenvalue weighted by atomic mass is 10.1. The molecule has 1 atom stereocenters. The van der Waals surface area contributed by atoms with E-state index in [2.05, 4.69) is 5.32 Å². The largest absolute Gasteiger partial charge is 0.355 e. The fourth-order valence-electron chi connectivity index (χ4n) is 3.82. The molecule has 0 saturated carbocycles. The molecule has 0 unspecified atom stereocenters. The summed E-state index contributed by atoms with van der Waals surface area (Å²) in [5, 5.41) is 2.73. The monoisotopic (exact) mass is 457 g/mol. The summed E-state index contributed by atoms with van der Waals surface area (Å²) in [4.78, 5) is 40.0. The van der Waals surface area contributed by atoms with E-state index >= 15 is 0 Å². The van der Waals surface area contributed by atoms with Gasteiger partial charge in [-0.1, -0.05) is 48.9 Å². The molecular formula is C23H27N3O5S. The standard InChI is InChI=1S/C23H27N3O5S/c1-4-19(22(28)24-5-2)25(14-17-10-8-9-16(3)13-17)21(27)15-26-23(29)18-11-6-7-12-20(18)32(26,30)31/h6-13,19H,4-5,14-15H2,1-3H3,(H,24,28)/t19-/m1/s1. The molecule has 1 aliphatic heterocycles. The van der Waals surface area contributed by atoms with Gasteiger partial charge in [0.05, 0.1) is 5.56 Å². The van der Waals surface area contributed by atoms with Gasteiger partial charge in [-0.25, -0.2) is 12.7 Å². The summed E-state index contributed by atoms with van der Waals surface area (Å²) in [5.41, 5.74) is 1.84. The van der Waals surface area contributed by atoms with Crippen molar-refractivity contribution in [2.24, 2.45) is 0 Å². The van der Waals surface area contributed by atoms with E-state index in [0.29, 0.717) is 17.3 Å². The maximum absolute atomic E-state index is 13.4. The Morgan fingerprint density at radius 3 is 2.44 bits per heavy atom. The van der Waals surface area contributed by atoms with E-state index in [1.807, 2.05) is 31.2 Å². The number of aryl methyl sites for hydroxylation is 1. The van der Waals surface area contributed by atoms with E-state index in [0.717, 1.165) is 11.1 Å². The van der Waals surface area contributed by atoms with Crippen LogP contribution in [0.3, 0.4) is 0 Å². The second kappa shape index (κ2) is 9.52. The number of nitrogens with one attached hydrogen (secondary N) is 1. The Kier molecular flexibility index (Phi) is 6.98. The van der Waals surface area contributed by atoms with Crippen LogP contribution in [0, 0.1) is 6.92 Å². The van der Waals surface area contributed by atoms with E-state index in [1.54, 1.807) is 19.9 Å². The van der Waals surface area contributed by atoms with Gasteiger partial charge in [-0.2, -0.15) is 0 Å². The first-order chi connectivity index (χ1) is 15.2. The number of carbonyl (C=O) groups is 3. The lowest BCUT2D eigenvalue weighted by Gasteiger charge is -2.31. The van der Waals surface area contributed by atoms with Crippen molar-refractivity contribution in [3.8, 4) is 0 Å². The second-order valence-electron chi connectivity index (χ2n) is 7.64. The first-order valence-corrected chi connectivity index (χ1v) is 11.9. The molecule has 0 spiro atoms. The number of carbonyl (C=O) groups excluding carboxylic acids is 3. The Balaban J connectivity index is 1.93. The maximum Gasteiger partial charge on any atom is 0.269 e. The van der Waals surface area contributed by atoms with Crippen LogP contribution in [0.2, 0.25) is 0 Å². The summed E-state index contributed by atoms with van der Waals surface area (Å²) in [5.74, 6) is -1.68. The summed E-state index contributed by atoms with van der Waals surface area (Å²) in [6.07, 6.45) is 0.338. The third-order valence-electron chi connectivity index (χ3n) is 5.36. The van der Waals surface area contributed by atoms with Crippen molar-refractivity contribution in [1.29, 1.82) is 0 Å². The molecule has 2 aromatic carbocycles. The minimum Gasteiger partial charge on any atom is -0.355 e. The smallest absolute Gasteiger partial charge is 0.269 e. The maximum atomic E-state index is 13.4. The van der Waals surface area contributed by atoms with Gasteiger partial charge >= 0.3 is 0 Å². The average Bonchev–Trinajstić information content (AvgIpc) is 2.94. The molecule has 1 aliphatic rings. The number of nitrogens with zero attached hydrogens (tertiary/aromatic N) is 2. The Labute approximate surface area is 188 Å². The lowest BCUT2D eigenvalue weighted by Crippen LogP contribution is -2.52. The van der Waals surface area contributed by atoms with Crippen LogP contribution in [0.15, 0.2) is 53.4 Å². The van der Waals surface area contributed by atoms with Crippen LogP contribution >= 0.6 is 0 Å². The molecular weight excluding hydrogens is 430 g/mol. The van der Waals surface area contributed by atoms with Crippen LogP contribution < -0.4 is 5.32 Å². The molecule has 0 aromatic heterocycles. The molecule has 1 N–H and O–H groups in total. The molecule has 0 fully saturated rings. The topological polar surface area (TPSA) is 104 Å². The van der Waals surface area contributed by atoms with E-state index in [1.165, 1.54) is 23.1 Å². The predicted molar refractivity (Wildman–Crippen MR) is 119 cm³/mol. The zero-order valence-corrected chi connectivity index (χ0v) is 19.2. The van der Waals surface area contributed by atoms with E-state index < -0.39 is 34.4 Å². The van der Waals surface area contributed by atoms with Crippen LogP contribution in [-0.2, 0) is 26.2 Å². The summed E-state index contributed by atoms with van der Waals surface area (Å²) < 4.78 is 26.4. The van der Waals surface area contributed by atoms with Gasteiger partial charge in [0.15, 0.2) is 0 Å². The molecule has 170 valence electrons. The van der Waals surface area contributed by atoms with Crippen molar-refractivity contribution in [2.45, 2.75) is 44.7 Å². The van der Waals surface area contributed by atoms with E-state index in [4.69, 9.17) is 0 Å². The second-order valence-corrected chi connectivity index (χ2v) is 9.47. The van der Waals surface area contributed by atoms with Crippen LogP contribution in [0.1, 0.15) is 41.8 Å². The fraction of sp³-hybridized carbons (Fsp3) is 0.348. The number of hydrogen-bond donors (Lipinski definition) is 1. The van der Waals surface area contributed by atoms with Gasteiger partial charge in [0.25, 0.3) is 15.9 Å². The molecule has 0 aliphatic carbocycles. The van der Waals surface area contributed by atoms with Crippen LogP contribution in [0.4, 0.5) is 0 Å². The predicted octanol–water partition coefficient (Wildman–Crippen LogP) is 2.08. The zero-order chi connectivity index (χ0) is 23.5. The molecule has 0 radical (unpaired) electrons. The highest BCUT2D eigenvalue weighted by Gasteiger charge is 2.43. The summed E-state index contributed by atoms with van der Waals surface area (Å²) in [6, 6.07) is 12.6. The Hall–Kier alpha value is -3.20. The van der Waals surface area contributed by atoms with Gasteiger partial charge in [0.2, 0.25) is 11.8 Å². The third-order valence-corrected chi connectivity index (χ3v) is 7.15. The molecule has 2 aromatic rings. The minimum absolute atomic E-state index is 0.0429. The Morgan fingerprint density at radius 1 is 1.09 bits per heavy atom. The molecule has 32 heavy (non-hydrogen) atoms. The van der Waals surface area contributed by atoms with Gasteiger partial charge in [-0.05, 0) is 38.0 Å². The number of fused-ring (bicyclic) bond motifs is 1. The zero-order valence-electron chi connectivity index (χ0n) is 18.4. The highest BCUT2D eigenvalue weighted by Crippen LogP contribution is 2.30. The fourth-order valence-corrected chi connectivity index (χ4v) is 5.34. The normalized spacial score (nSPS) is 15.2. The van der Waals surface area contributed by atoms with Gasteiger partial charge in [-0.15, -0.1) is 0 Å². The SMILES string of the molecule is CCNC(=O)[C@@H](CC)N(Cc1cccc(C)c1)C(=O)CN1C(=O)c2ccccc2S1(=O)=O.